The lowest BCUT2D eigenvalue weighted by atomic mass is 10.1. The number of rotatable bonds is 10. The summed E-state index contributed by atoms with van der Waals surface area (Å²) in [5.41, 5.74) is 2.57. The minimum atomic E-state index is -0.0854. The molecule has 0 radical (unpaired) electrons. The number of carbonyl (C=O) groups excluding carboxylic acids is 2. The number of likely N-dealkylation sites (tertiary alicyclic amines) is 1. The van der Waals surface area contributed by atoms with Crippen LogP contribution in [0.3, 0.4) is 0 Å². The molecule has 0 saturated carbocycles. The number of amides is 2. The van der Waals surface area contributed by atoms with Crippen LogP contribution in [0.1, 0.15) is 61.1 Å². The van der Waals surface area contributed by atoms with E-state index in [-0.39, 0.29) is 11.8 Å². The number of carbonyl (C=O) groups is 2. The van der Waals surface area contributed by atoms with Crippen LogP contribution in [0.4, 0.5) is 0 Å². The van der Waals surface area contributed by atoms with Crippen LogP contribution in [0.15, 0.2) is 48.5 Å². The van der Waals surface area contributed by atoms with Gasteiger partial charge in [-0.1, -0.05) is 37.5 Å². The van der Waals surface area contributed by atoms with Crippen LogP contribution in [0.25, 0.3) is 11.0 Å². The van der Waals surface area contributed by atoms with Crippen molar-refractivity contribution < 1.29 is 14.3 Å². The van der Waals surface area contributed by atoms with Crippen molar-refractivity contribution in [3.63, 3.8) is 0 Å². The zero-order chi connectivity index (χ0) is 24.5. The van der Waals surface area contributed by atoms with Crippen LogP contribution in [0.5, 0.6) is 5.75 Å². The fourth-order valence-corrected chi connectivity index (χ4v) is 4.70. The number of nitrogens with zero attached hydrogens (tertiary/aromatic N) is 3. The number of aromatic nitrogens is 2. The number of imidazole rings is 1. The van der Waals surface area contributed by atoms with Crippen LogP contribution < -0.4 is 10.1 Å². The Kier molecular flexibility index (Phi) is 8.76. The van der Waals surface area contributed by atoms with E-state index in [2.05, 4.69) is 16.0 Å². The molecular formula is C28H36N4O3. The number of para-hydroxylation sites is 2. The Morgan fingerprint density at radius 2 is 1.77 bits per heavy atom. The lowest BCUT2D eigenvalue weighted by Crippen LogP contribution is -2.34. The maximum atomic E-state index is 13.1. The average Bonchev–Trinajstić information content (AvgIpc) is 3.04. The molecule has 0 atom stereocenters. The molecule has 1 N–H and O–H groups in total. The second kappa shape index (κ2) is 12.4. The predicted octanol–water partition coefficient (Wildman–Crippen LogP) is 4.59. The largest absolute Gasteiger partial charge is 0.497 e. The number of fused-ring (bicyclic) bond motifs is 1. The summed E-state index contributed by atoms with van der Waals surface area (Å²) in [5, 5.41) is 2.98. The quantitative estimate of drug-likeness (QED) is 0.434. The molecule has 7 heteroatoms. The van der Waals surface area contributed by atoms with Crippen LogP contribution >= 0.6 is 0 Å². The smallest absolute Gasteiger partial charge is 0.251 e. The first-order chi connectivity index (χ1) is 17.2. The van der Waals surface area contributed by atoms with Crippen molar-refractivity contribution in [1.29, 1.82) is 0 Å². The van der Waals surface area contributed by atoms with Crippen molar-refractivity contribution in [1.82, 2.24) is 19.8 Å². The van der Waals surface area contributed by atoms with E-state index in [1.54, 1.807) is 19.2 Å². The molecule has 2 aromatic carbocycles. The third-order valence-corrected chi connectivity index (χ3v) is 6.68. The Labute approximate surface area is 207 Å². The molecule has 35 heavy (non-hydrogen) atoms. The minimum Gasteiger partial charge on any atom is -0.497 e. The van der Waals surface area contributed by atoms with Crippen molar-refractivity contribution in [2.45, 2.75) is 57.9 Å². The maximum Gasteiger partial charge on any atom is 0.251 e. The van der Waals surface area contributed by atoms with Crippen molar-refractivity contribution in [3.05, 3.63) is 59.9 Å². The molecule has 1 aromatic heterocycles. The van der Waals surface area contributed by atoms with E-state index < -0.39 is 0 Å². The van der Waals surface area contributed by atoms with Gasteiger partial charge in [0.1, 0.15) is 18.1 Å². The van der Waals surface area contributed by atoms with E-state index in [0.717, 1.165) is 68.5 Å². The number of hydrogen-bond donors (Lipinski definition) is 1. The molecular weight excluding hydrogens is 440 g/mol. The fraction of sp³-hybridized carbons (Fsp3) is 0.464. The van der Waals surface area contributed by atoms with Crippen molar-refractivity contribution in [2.24, 2.45) is 0 Å². The van der Waals surface area contributed by atoms with Gasteiger partial charge in [-0.15, -0.1) is 0 Å². The van der Waals surface area contributed by atoms with E-state index in [9.17, 15) is 9.59 Å². The lowest BCUT2D eigenvalue weighted by Gasteiger charge is -2.21. The van der Waals surface area contributed by atoms with Gasteiger partial charge in [0.25, 0.3) is 5.91 Å². The number of methoxy groups -OCH3 is 1. The Morgan fingerprint density at radius 3 is 2.57 bits per heavy atom. The third kappa shape index (κ3) is 6.62. The number of benzene rings is 2. The molecule has 3 aromatic rings. The highest BCUT2D eigenvalue weighted by molar-refractivity contribution is 5.94. The van der Waals surface area contributed by atoms with Gasteiger partial charge in [-0.25, -0.2) is 4.98 Å². The molecule has 1 aliphatic rings. The predicted molar refractivity (Wildman–Crippen MR) is 138 cm³/mol. The summed E-state index contributed by atoms with van der Waals surface area (Å²) >= 11 is 0. The number of ether oxygens (including phenoxy) is 1. The molecule has 1 saturated heterocycles. The Bertz CT molecular complexity index is 1130. The summed E-state index contributed by atoms with van der Waals surface area (Å²) in [6, 6.07) is 15.2. The van der Waals surface area contributed by atoms with E-state index >= 15 is 0 Å². The highest BCUT2D eigenvalue weighted by atomic mass is 16.5. The first-order valence-electron chi connectivity index (χ1n) is 12.8. The summed E-state index contributed by atoms with van der Waals surface area (Å²) in [4.78, 5) is 32.3. The van der Waals surface area contributed by atoms with Crippen LogP contribution in [0.2, 0.25) is 0 Å². The lowest BCUT2D eigenvalue weighted by molar-refractivity contribution is -0.131. The first-order valence-corrected chi connectivity index (χ1v) is 12.8. The van der Waals surface area contributed by atoms with Gasteiger partial charge in [0.2, 0.25) is 5.91 Å². The zero-order valence-corrected chi connectivity index (χ0v) is 20.7. The van der Waals surface area contributed by atoms with Crippen LogP contribution in [-0.2, 0) is 17.8 Å². The molecule has 2 amide bonds. The number of aryl methyl sites for hydroxylation is 1. The molecule has 186 valence electrons. The highest BCUT2D eigenvalue weighted by Gasteiger charge is 2.19. The molecule has 1 aliphatic heterocycles. The van der Waals surface area contributed by atoms with Gasteiger partial charge in [0.05, 0.1) is 18.1 Å². The van der Waals surface area contributed by atoms with Crippen LogP contribution in [-0.4, -0.2) is 53.0 Å². The van der Waals surface area contributed by atoms with Gasteiger partial charge in [-0.2, -0.15) is 0 Å². The summed E-state index contributed by atoms with van der Waals surface area (Å²) in [7, 11) is 1.59. The van der Waals surface area contributed by atoms with E-state index in [1.165, 1.54) is 12.8 Å². The molecule has 1 fully saturated rings. The second-order valence-electron chi connectivity index (χ2n) is 9.20. The molecule has 7 nitrogen and oxygen atoms in total. The summed E-state index contributed by atoms with van der Waals surface area (Å²) in [6.45, 7) is 2.71. The van der Waals surface area contributed by atoms with E-state index in [1.807, 2.05) is 35.2 Å². The number of unbranched alkanes of at least 4 members (excludes halogenated alkanes) is 2. The van der Waals surface area contributed by atoms with E-state index in [4.69, 9.17) is 9.72 Å². The summed E-state index contributed by atoms with van der Waals surface area (Å²) in [5.74, 6) is 1.75. The second-order valence-corrected chi connectivity index (χ2v) is 9.20. The SMILES string of the molecule is COc1cccc(C(=O)NCCCCCc2nc3ccccc3n2CC(=O)N2CCCCCC2)c1. The molecule has 2 heterocycles. The topological polar surface area (TPSA) is 76.5 Å². The Balaban J connectivity index is 1.29. The van der Waals surface area contributed by atoms with Crippen LogP contribution in [0, 0.1) is 0 Å². The standard InChI is InChI=1S/C28H36N4O3/c1-35-23-13-11-12-22(20-23)28(34)29-17-8-4-5-16-26-30-24-14-6-7-15-25(24)32(26)21-27(33)31-18-9-2-3-10-19-31/h6-7,11-15,20H,2-5,8-10,16-19,21H2,1H3,(H,29,34). The fourth-order valence-electron chi connectivity index (χ4n) is 4.70. The normalized spacial score (nSPS) is 14.0. The molecule has 4 rings (SSSR count). The molecule has 0 aliphatic carbocycles. The van der Waals surface area contributed by atoms with Gasteiger partial charge in [0, 0.05) is 31.6 Å². The summed E-state index contributed by atoms with van der Waals surface area (Å²) < 4.78 is 7.29. The maximum absolute atomic E-state index is 13.1. The molecule has 0 unspecified atom stereocenters. The third-order valence-electron chi connectivity index (χ3n) is 6.68. The van der Waals surface area contributed by atoms with Gasteiger partial charge < -0.3 is 19.5 Å². The van der Waals surface area contributed by atoms with Crippen molar-refractivity contribution in [2.75, 3.05) is 26.7 Å². The number of hydrogen-bond acceptors (Lipinski definition) is 4. The zero-order valence-electron chi connectivity index (χ0n) is 20.7. The monoisotopic (exact) mass is 476 g/mol. The van der Waals surface area contributed by atoms with E-state index in [0.29, 0.717) is 24.4 Å². The Morgan fingerprint density at radius 1 is 0.971 bits per heavy atom. The number of nitrogens with one attached hydrogen (secondary N) is 1. The van der Waals surface area contributed by atoms with Gasteiger partial charge in [0.15, 0.2) is 0 Å². The van der Waals surface area contributed by atoms with Gasteiger partial charge in [-0.05, 0) is 56.0 Å². The average molecular weight is 477 g/mol. The molecule has 0 spiro atoms. The Hall–Kier alpha value is -3.35. The van der Waals surface area contributed by atoms with Gasteiger partial charge in [-0.3, -0.25) is 9.59 Å². The van der Waals surface area contributed by atoms with Crippen molar-refractivity contribution >= 4 is 22.8 Å². The molecule has 0 bridgehead atoms. The van der Waals surface area contributed by atoms with Crippen molar-refractivity contribution in [3.8, 4) is 5.75 Å². The minimum absolute atomic E-state index is 0.0854. The van der Waals surface area contributed by atoms with Gasteiger partial charge >= 0.3 is 0 Å². The first kappa shape index (κ1) is 24.8. The summed E-state index contributed by atoms with van der Waals surface area (Å²) in [6.07, 6.45) is 8.24. The highest BCUT2D eigenvalue weighted by Crippen LogP contribution is 2.19.